The Bertz CT molecular complexity index is 1160. The number of allylic oxidation sites excluding steroid dienone is 1. The van der Waals surface area contributed by atoms with Crippen molar-refractivity contribution in [3.8, 4) is 5.75 Å². The monoisotopic (exact) mass is 485 g/mol. The maximum Gasteiger partial charge on any atom is 0.234 e. The number of ether oxygens (including phenoxy) is 1. The van der Waals surface area contributed by atoms with Crippen molar-refractivity contribution in [1.82, 2.24) is 14.8 Å². The van der Waals surface area contributed by atoms with Crippen molar-refractivity contribution in [1.29, 1.82) is 0 Å². The first-order valence-electron chi connectivity index (χ1n) is 10.1. The molecule has 0 saturated heterocycles. The van der Waals surface area contributed by atoms with E-state index in [1.165, 1.54) is 11.8 Å². The quantitative estimate of drug-likeness (QED) is 0.327. The molecule has 1 heterocycles. The fourth-order valence-corrected chi connectivity index (χ4v) is 3.94. The van der Waals surface area contributed by atoms with E-state index in [2.05, 4.69) is 27.4 Å². The second-order valence-electron chi connectivity index (χ2n) is 7.02. The summed E-state index contributed by atoms with van der Waals surface area (Å²) in [6, 6.07) is 12.5. The molecule has 0 aliphatic carbocycles. The molecule has 2 aromatic carbocycles. The van der Waals surface area contributed by atoms with Crippen LogP contribution in [0, 0.1) is 6.92 Å². The lowest BCUT2D eigenvalue weighted by molar-refractivity contribution is -0.116. The molecule has 2 amide bonds. The summed E-state index contributed by atoms with van der Waals surface area (Å²) in [5, 5.41) is 15.1. The second-order valence-corrected chi connectivity index (χ2v) is 8.40. The van der Waals surface area contributed by atoms with E-state index in [0.717, 1.165) is 5.56 Å². The van der Waals surface area contributed by atoms with Crippen molar-refractivity contribution in [3.63, 3.8) is 0 Å². The van der Waals surface area contributed by atoms with E-state index in [1.807, 2.05) is 25.1 Å². The molecule has 0 bridgehead atoms. The normalized spacial score (nSPS) is 10.5. The first kappa shape index (κ1) is 24.3. The number of para-hydroxylation sites is 2. The molecule has 0 aliphatic heterocycles. The molecule has 0 aliphatic rings. The number of rotatable bonds is 10. The maximum atomic E-state index is 12.6. The highest BCUT2D eigenvalue weighted by molar-refractivity contribution is 7.99. The number of carbonyl (C=O) groups excluding carboxylic acids is 2. The molecular weight excluding hydrogens is 462 g/mol. The molecule has 3 aromatic rings. The minimum absolute atomic E-state index is 0.00730. The third kappa shape index (κ3) is 6.59. The van der Waals surface area contributed by atoms with Crippen molar-refractivity contribution in [2.75, 3.05) is 23.5 Å². The summed E-state index contributed by atoms with van der Waals surface area (Å²) in [5.74, 6) is 0.692. The number of aryl methyl sites for hydroxylation is 1. The minimum atomic E-state index is -0.261. The third-order valence-electron chi connectivity index (χ3n) is 4.61. The molecule has 0 radical (unpaired) electrons. The smallest absolute Gasteiger partial charge is 0.234 e. The fourth-order valence-electron chi connectivity index (χ4n) is 3.00. The molecule has 3 rings (SSSR count). The Morgan fingerprint density at radius 3 is 2.67 bits per heavy atom. The Morgan fingerprint density at radius 1 is 1.15 bits per heavy atom. The van der Waals surface area contributed by atoms with Crippen LogP contribution >= 0.6 is 23.4 Å². The second kappa shape index (κ2) is 11.5. The van der Waals surface area contributed by atoms with Crippen LogP contribution in [0.2, 0.25) is 5.02 Å². The van der Waals surface area contributed by atoms with Gasteiger partial charge in [0.15, 0.2) is 5.16 Å². The van der Waals surface area contributed by atoms with Crippen LogP contribution in [0.3, 0.4) is 0 Å². The van der Waals surface area contributed by atoms with Gasteiger partial charge in [-0.3, -0.25) is 9.59 Å². The van der Waals surface area contributed by atoms with Crippen LogP contribution in [0.1, 0.15) is 11.4 Å². The molecular formula is C23H24ClN5O3S. The Balaban J connectivity index is 1.65. The molecule has 0 atom stereocenters. The van der Waals surface area contributed by atoms with Crippen molar-refractivity contribution in [2.24, 2.45) is 0 Å². The molecule has 172 valence electrons. The lowest BCUT2D eigenvalue weighted by Gasteiger charge is -2.11. The van der Waals surface area contributed by atoms with Gasteiger partial charge in [-0.2, -0.15) is 0 Å². The number of benzene rings is 2. The highest BCUT2D eigenvalue weighted by Gasteiger charge is 2.17. The topological polar surface area (TPSA) is 98.1 Å². The van der Waals surface area contributed by atoms with Gasteiger partial charge in [0.05, 0.1) is 25.0 Å². The zero-order chi connectivity index (χ0) is 23.8. The van der Waals surface area contributed by atoms with E-state index < -0.39 is 0 Å². The van der Waals surface area contributed by atoms with Crippen LogP contribution in [0.4, 0.5) is 11.4 Å². The molecule has 10 heteroatoms. The van der Waals surface area contributed by atoms with Gasteiger partial charge in [0, 0.05) is 17.3 Å². The number of anilines is 2. The standard InChI is InChI=1S/C23H24ClN5O3S/c1-4-11-29-20(13-21(30)25-17-7-5-6-8-19(17)32-3)27-28-23(29)33-14-22(31)26-18-12-16(24)10-9-15(18)2/h4-10,12H,1,11,13-14H2,2-3H3,(H,25,30)(H,26,31). The van der Waals surface area contributed by atoms with Gasteiger partial charge >= 0.3 is 0 Å². The maximum absolute atomic E-state index is 12.6. The number of hydrogen-bond donors (Lipinski definition) is 2. The molecule has 0 unspecified atom stereocenters. The largest absolute Gasteiger partial charge is 0.495 e. The summed E-state index contributed by atoms with van der Waals surface area (Å²) in [4.78, 5) is 25.0. The zero-order valence-corrected chi connectivity index (χ0v) is 19.9. The highest BCUT2D eigenvalue weighted by Crippen LogP contribution is 2.24. The number of hydrogen-bond acceptors (Lipinski definition) is 6. The Hall–Kier alpha value is -3.30. The van der Waals surface area contributed by atoms with Crippen molar-refractivity contribution < 1.29 is 14.3 Å². The number of aromatic nitrogens is 3. The number of carbonyl (C=O) groups is 2. The van der Waals surface area contributed by atoms with Crippen molar-refractivity contribution in [2.45, 2.75) is 25.0 Å². The summed E-state index contributed by atoms with van der Waals surface area (Å²) >= 11 is 7.24. The molecule has 1 aromatic heterocycles. The van der Waals surface area contributed by atoms with Gasteiger partial charge < -0.3 is 19.9 Å². The van der Waals surface area contributed by atoms with Crippen LogP contribution in [0.15, 0.2) is 60.3 Å². The summed E-state index contributed by atoms with van der Waals surface area (Å²) in [7, 11) is 1.54. The number of nitrogens with one attached hydrogen (secondary N) is 2. The summed E-state index contributed by atoms with van der Waals surface area (Å²) in [6.07, 6.45) is 1.69. The molecule has 0 fully saturated rings. The van der Waals surface area contributed by atoms with Crippen LogP contribution in [-0.2, 0) is 22.6 Å². The predicted octanol–water partition coefficient (Wildman–Crippen LogP) is 4.35. The van der Waals surface area contributed by atoms with Gasteiger partial charge in [0.2, 0.25) is 11.8 Å². The Kier molecular flexibility index (Phi) is 8.51. The van der Waals surface area contributed by atoms with E-state index in [0.29, 0.717) is 39.7 Å². The lowest BCUT2D eigenvalue weighted by Crippen LogP contribution is -2.18. The van der Waals surface area contributed by atoms with Gasteiger partial charge in [-0.1, -0.05) is 47.6 Å². The highest BCUT2D eigenvalue weighted by atomic mass is 35.5. The summed E-state index contributed by atoms with van der Waals surface area (Å²) < 4.78 is 7.03. The van der Waals surface area contributed by atoms with Crippen LogP contribution in [0.25, 0.3) is 0 Å². The summed E-state index contributed by atoms with van der Waals surface area (Å²) in [5.41, 5.74) is 2.15. The van der Waals surface area contributed by atoms with Crippen LogP contribution in [-0.4, -0.2) is 39.4 Å². The van der Waals surface area contributed by atoms with E-state index in [1.54, 1.807) is 42.0 Å². The average Bonchev–Trinajstić information content (AvgIpc) is 3.16. The van der Waals surface area contributed by atoms with Gasteiger partial charge in [-0.15, -0.1) is 16.8 Å². The lowest BCUT2D eigenvalue weighted by atomic mass is 10.2. The van der Waals surface area contributed by atoms with Crippen LogP contribution in [0.5, 0.6) is 5.75 Å². The van der Waals surface area contributed by atoms with Gasteiger partial charge in [0.1, 0.15) is 11.6 Å². The fraction of sp³-hybridized carbons (Fsp3) is 0.217. The van der Waals surface area contributed by atoms with E-state index in [4.69, 9.17) is 16.3 Å². The van der Waals surface area contributed by atoms with Gasteiger partial charge in [-0.25, -0.2) is 0 Å². The Labute approximate surface area is 201 Å². The summed E-state index contributed by atoms with van der Waals surface area (Å²) in [6.45, 7) is 6.06. The third-order valence-corrected chi connectivity index (χ3v) is 5.81. The molecule has 33 heavy (non-hydrogen) atoms. The molecule has 2 N–H and O–H groups in total. The minimum Gasteiger partial charge on any atom is -0.495 e. The number of halogens is 1. The van der Waals surface area contributed by atoms with Gasteiger partial charge in [-0.05, 0) is 36.8 Å². The molecule has 0 spiro atoms. The first-order valence-corrected chi connectivity index (χ1v) is 11.4. The van der Waals surface area contributed by atoms with E-state index in [-0.39, 0.29) is 24.0 Å². The van der Waals surface area contributed by atoms with Crippen LogP contribution < -0.4 is 15.4 Å². The zero-order valence-electron chi connectivity index (χ0n) is 18.3. The van der Waals surface area contributed by atoms with Crippen molar-refractivity contribution in [3.05, 3.63) is 71.5 Å². The predicted molar refractivity (Wildman–Crippen MR) is 131 cm³/mol. The number of thioether (sulfide) groups is 1. The SMILES string of the molecule is C=CCn1c(CC(=O)Nc2ccccc2OC)nnc1SCC(=O)Nc1cc(Cl)ccc1C. The van der Waals surface area contributed by atoms with E-state index in [9.17, 15) is 9.59 Å². The Morgan fingerprint density at radius 2 is 1.91 bits per heavy atom. The average molecular weight is 486 g/mol. The number of amides is 2. The number of nitrogens with zero attached hydrogens (tertiary/aromatic N) is 3. The first-order chi connectivity index (χ1) is 15.9. The number of methoxy groups -OCH3 is 1. The van der Waals surface area contributed by atoms with Crippen molar-refractivity contribution >= 4 is 46.6 Å². The molecule has 0 saturated carbocycles. The van der Waals surface area contributed by atoms with E-state index >= 15 is 0 Å². The van der Waals surface area contributed by atoms with Gasteiger partial charge in [0.25, 0.3) is 0 Å². The molecule has 8 nitrogen and oxygen atoms in total.